The number of hydrogen-bond acceptors (Lipinski definition) is 3. The summed E-state index contributed by atoms with van der Waals surface area (Å²) in [5.74, 6) is -0.557. The second-order valence-corrected chi connectivity index (χ2v) is 4.86. The van der Waals surface area contributed by atoms with E-state index in [0.29, 0.717) is 11.1 Å². The minimum Gasteiger partial charge on any atom is -0.465 e. The number of ether oxygens (including phenoxy) is 1. The molecule has 2 aromatic rings. The predicted octanol–water partition coefficient (Wildman–Crippen LogP) is 2.76. The maximum atomic E-state index is 12.0. The molecule has 0 aromatic heterocycles. The summed E-state index contributed by atoms with van der Waals surface area (Å²) in [5, 5.41) is 4.45. The minimum absolute atomic E-state index is 0.0639. The third-order valence-electron chi connectivity index (χ3n) is 2.97. The number of nitrogens with one attached hydrogen (secondary N) is 1. The van der Waals surface area contributed by atoms with Crippen LogP contribution < -0.4 is 5.32 Å². The Balaban J connectivity index is 2.51. The summed E-state index contributed by atoms with van der Waals surface area (Å²) in [5.41, 5.74) is 0.992. The number of fused-ring (bicyclic) bond motifs is 1. The number of benzene rings is 2. The Morgan fingerprint density at radius 1 is 1.15 bits per heavy atom. The summed E-state index contributed by atoms with van der Waals surface area (Å²) in [4.78, 5) is 23.8. The fourth-order valence-corrected chi connectivity index (χ4v) is 2.05. The van der Waals surface area contributed by atoms with Gasteiger partial charge in [0.25, 0.3) is 5.91 Å². The molecule has 0 bridgehead atoms. The lowest BCUT2D eigenvalue weighted by Crippen LogP contribution is -2.30. The summed E-state index contributed by atoms with van der Waals surface area (Å²) >= 11 is 0. The highest BCUT2D eigenvalue weighted by molar-refractivity contribution is 6.07. The number of methoxy groups -OCH3 is 1. The van der Waals surface area contributed by atoms with Crippen LogP contribution in [0.4, 0.5) is 0 Å². The Morgan fingerprint density at radius 2 is 1.90 bits per heavy atom. The summed E-state index contributed by atoms with van der Waals surface area (Å²) in [6, 6.07) is 10.7. The topological polar surface area (TPSA) is 55.4 Å². The van der Waals surface area contributed by atoms with Crippen LogP contribution in [0.15, 0.2) is 36.4 Å². The van der Waals surface area contributed by atoms with E-state index in [2.05, 4.69) is 5.32 Å². The van der Waals surface area contributed by atoms with E-state index >= 15 is 0 Å². The fourth-order valence-electron chi connectivity index (χ4n) is 2.05. The SMILES string of the molecule is COC(=O)c1cccc2ccc(C(=O)NC(C)C)cc12. The summed E-state index contributed by atoms with van der Waals surface area (Å²) in [6.07, 6.45) is 0. The first-order valence-electron chi connectivity index (χ1n) is 6.45. The van der Waals surface area contributed by atoms with Crippen LogP contribution in [-0.4, -0.2) is 25.0 Å². The first-order valence-corrected chi connectivity index (χ1v) is 6.45. The summed E-state index contributed by atoms with van der Waals surface area (Å²) in [6.45, 7) is 3.80. The molecule has 0 atom stereocenters. The van der Waals surface area contributed by atoms with Crippen LogP contribution in [0.1, 0.15) is 34.6 Å². The quantitative estimate of drug-likeness (QED) is 0.873. The average Bonchev–Trinajstić information content (AvgIpc) is 2.44. The Labute approximate surface area is 117 Å². The molecule has 2 rings (SSSR count). The third kappa shape index (κ3) is 2.79. The van der Waals surface area contributed by atoms with E-state index in [1.807, 2.05) is 26.0 Å². The summed E-state index contributed by atoms with van der Waals surface area (Å²) < 4.78 is 4.77. The molecule has 1 N–H and O–H groups in total. The van der Waals surface area contributed by atoms with Gasteiger partial charge in [0.1, 0.15) is 0 Å². The molecule has 0 aliphatic carbocycles. The fraction of sp³-hybridized carbons (Fsp3) is 0.250. The molecule has 0 heterocycles. The second kappa shape index (κ2) is 5.74. The van der Waals surface area contributed by atoms with Gasteiger partial charge in [0, 0.05) is 11.6 Å². The zero-order valence-corrected chi connectivity index (χ0v) is 11.8. The van der Waals surface area contributed by atoms with Gasteiger partial charge in [0.05, 0.1) is 12.7 Å². The van der Waals surface area contributed by atoms with Crippen LogP contribution >= 0.6 is 0 Å². The Hall–Kier alpha value is -2.36. The number of esters is 1. The van der Waals surface area contributed by atoms with Crippen molar-refractivity contribution in [1.82, 2.24) is 5.32 Å². The number of rotatable bonds is 3. The lowest BCUT2D eigenvalue weighted by Gasteiger charge is -2.10. The van der Waals surface area contributed by atoms with Crippen LogP contribution in [0.3, 0.4) is 0 Å². The highest BCUT2D eigenvalue weighted by atomic mass is 16.5. The molecule has 0 saturated carbocycles. The van der Waals surface area contributed by atoms with E-state index in [1.165, 1.54) is 7.11 Å². The van der Waals surface area contributed by atoms with Crippen molar-refractivity contribution in [3.63, 3.8) is 0 Å². The smallest absolute Gasteiger partial charge is 0.338 e. The van der Waals surface area contributed by atoms with Crippen LogP contribution in [0.2, 0.25) is 0 Å². The van der Waals surface area contributed by atoms with Crippen molar-refractivity contribution in [1.29, 1.82) is 0 Å². The molecule has 2 aromatic carbocycles. The minimum atomic E-state index is -0.406. The van der Waals surface area contributed by atoms with Gasteiger partial charge in [-0.2, -0.15) is 0 Å². The molecule has 0 radical (unpaired) electrons. The van der Waals surface area contributed by atoms with Gasteiger partial charge in [-0.05, 0) is 42.8 Å². The Morgan fingerprint density at radius 3 is 2.55 bits per heavy atom. The van der Waals surface area contributed by atoms with Crippen molar-refractivity contribution in [2.24, 2.45) is 0 Å². The van der Waals surface area contributed by atoms with E-state index in [9.17, 15) is 9.59 Å². The monoisotopic (exact) mass is 271 g/mol. The molecule has 0 aliphatic heterocycles. The number of amides is 1. The van der Waals surface area contributed by atoms with Gasteiger partial charge in [-0.25, -0.2) is 4.79 Å². The van der Waals surface area contributed by atoms with Crippen molar-refractivity contribution in [3.05, 3.63) is 47.5 Å². The highest BCUT2D eigenvalue weighted by Crippen LogP contribution is 2.21. The van der Waals surface area contributed by atoms with Crippen LogP contribution in [-0.2, 0) is 4.74 Å². The van der Waals surface area contributed by atoms with Crippen molar-refractivity contribution >= 4 is 22.6 Å². The first-order chi connectivity index (χ1) is 9.52. The molecule has 0 unspecified atom stereocenters. The molecular formula is C16H17NO3. The maximum Gasteiger partial charge on any atom is 0.338 e. The van der Waals surface area contributed by atoms with Crippen LogP contribution in [0.5, 0.6) is 0 Å². The standard InChI is InChI=1S/C16H17NO3/c1-10(2)17-15(18)12-8-7-11-5-4-6-13(14(11)9-12)16(19)20-3/h4-10H,1-3H3,(H,17,18). The third-order valence-corrected chi connectivity index (χ3v) is 2.97. The average molecular weight is 271 g/mol. The lowest BCUT2D eigenvalue weighted by atomic mass is 10.0. The van der Waals surface area contributed by atoms with Crippen molar-refractivity contribution in [2.75, 3.05) is 7.11 Å². The van der Waals surface area contributed by atoms with Gasteiger partial charge in [-0.15, -0.1) is 0 Å². The summed E-state index contributed by atoms with van der Waals surface area (Å²) in [7, 11) is 1.34. The number of carbonyl (C=O) groups excluding carboxylic acids is 2. The van der Waals surface area contributed by atoms with E-state index in [0.717, 1.165) is 10.8 Å². The molecule has 1 amide bonds. The first kappa shape index (κ1) is 14.1. The largest absolute Gasteiger partial charge is 0.465 e. The Bertz CT molecular complexity index is 662. The molecule has 0 spiro atoms. The molecule has 4 nitrogen and oxygen atoms in total. The van der Waals surface area contributed by atoms with Crippen molar-refractivity contribution in [2.45, 2.75) is 19.9 Å². The molecule has 4 heteroatoms. The number of carbonyl (C=O) groups is 2. The van der Waals surface area contributed by atoms with Crippen molar-refractivity contribution < 1.29 is 14.3 Å². The lowest BCUT2D eigenvalue weighted by molar-refractivity contribution is 0.0602. The van der Waals surface area contributed by atoms with Crippen molar-refractivity contribution in [3.8, 4) is 0 Å². The zero-order chi connectivity index (χ0) is 14.7. The second-order valence-electron chi connectivity index (χ2n) is 4.86. The van der Waals surface area contributed by atoms with Gasteiger partial charge in [0.15, 0.2) is 0 Å². The van der Waals surface area contributed by atoms with Gasteiger partial charge in [-0.3, -0.25) is 4.79 Å². The molecule has 0 aliphatic rings. The maximum absolute atomic E-state index is 12.0. The van der Waals surface area contributed by atoms with E-state index in [1.54, 1.807) is 24.3 Å². The van der Waals surface area contributed by atoms with Gasteiger partial charge < -0.3 is 10.1 Å². The van der Waals surface area contributed by atoms with Gasteiger partial charge in [-0.1, -0.05) is 18.2 Å². The highest BCUT2D eigenvalue weighted by Gasteiger charge is 2.13. The molecular weight excluding hydrogens is 254 g/mol. The van der Waals surface area contributed by atoms with Gasteiger partial charge in [0.2, 0.25) is 0 Å². The molecule has 0 fully saturated rings. The van der Waals surface area contributed by atoms with Crippen LogP contribution in [0.25, 0.3) is 10.8 Å². The predicted molar refractivity (Wildman–Crippen MR) is 77.9 cm³/mol. The van der Waals surface area contributed by atoms with E-state index in [-0.39, 0.29) is 11.9 Å². The number of hydrogen-bond donors (Lipinski definition) is 1. The van der Waals surface area contributed by atoms with Gasteiger partial charge >= 0.3 is 5.97 Å². The molecule has 20 heavy (non-hydrogen) atoms. The molecule has 104 valence electrons. The van der Waals surface area contributed by atoms with E-state index in [4.69, 9.17) is 4.74 Å². The van der Waals surface area contributed by atoms with E-state index < -0.39 is 5.97 Å². The Kier molecular flexibility index (Phi) is 4.03. The zero-order valence-electron chi connectivity index (χ0n) is 11.8. The molecule has 0 saturated heterocycles. The normalized spacial score (nSPS) is 10.6. The van der Waals surface area contributed by atoms with Crippen LogP contribution in [0, 0.1) is 0 Å².